The molecule has 1 aliphatic rings. The molecule has 0 atom stereocenters. The quantitative estimate of drug-likeness (QED) is 0.690. The van der Waals surface area contributed by atoms with E-state index in [9.17, 15) is 0 Å². The van der Waals surface area contributed by atoms with E-state index in [1.807, 2.05) is 22.8 Å². The number of hydrogen-bond donors (Lipinski definition) is 1. The summed E-state index contributed by atoms with van der Waals surface area (Å²) in [5, 5.41) is 8.40. The van der Waals surface area contributed by atoms with Crippen molar-refractivity contribution in [2.75, 3.05) is 11.6 Å². The second kappa shape index (κ2) is 6.85. The number of nitrogens with one attached hydrogen (secondary N) is 1. The van der Waals surface area contributed by atoms with E-state index in [-0.39, 0.29) is 0 Å². The molecule has 124 valence electrons. The molecular formula is C19H22N4S. The molecule has 0 saturated heterocycles. The molecule has 0 unspecified atom stereocenters. The van der Waals surface area contributed by atoms with Gasteiger partial charge in [-0.2, -0.15) is 0 Å². The maximum Gasteiger partial charge on any atom is 0.154 e. The zero-order valence-corrected chi connectivity index (χ0v) is 14.7. The second-order valence-corrected chi connectivity index (χ2v) is 7.22. The molecule has 0 spiro atoms. The van der Waals surface area contributed by atoms with E-state index in [0.29, 0.717) is 6.04 Å². The van der Waals surface area contributed by atoms with E-state index in [0.717, 1.165) is 22.7 Å². The van der Waals surface area contributed by atoms with Gasteiger partial charge in [0.15, 0.2) is 5.65 Å². The Morgan fingerprint density at radius 3 is 2.83 bits per heavy atom. The summed E-state index contributed by atoms with van der Waals surface area (Å²) in [7, 11) is 0. The molecule has 1 aliphatic carbocycles. The maximum absolute atomic E-state index is 4.80. The van der Waals surface area contributed by atoms with Crippen molar-refractivity contribution in [2.24, 2.45) is 0 Å². The van der Waals surface area contributed by atoms with Crippen LogP contribution in [0.3, 0.4) is 0 Å². The first-order valence-electron chi connectivity index (χ1n) is 8.59. The van der Waals surface area contributed by atoms with Gasteiger partial charge in [-0.3, -0.25) is 0 Å². The summed E-state index contributed by atoms with van der Waals surface area (Å²) in [5.41, 5.74) is 3.07. The number of hydrogen-bond acceptors (Lipinski definition) is 4. The van der Waals surface area contributed by atoms with Crippen LogP contribution in [0, 0.1) is 0 Å². The number of imidazole rings is 1. The third-order valence-corrected chi connectivity index (χ3v) is 5.41. The van der Waals surface area contributed by atoms with Crippen molar-refractivity contribution in [1.82, 2.24) is 14.6 Å². The van der Waals surface area contributed by atoms with Crippen molar-refractivity contribution < 1.29 is 0 Å². The molecule has 24 heavy (non-hydrogen) atoms. The molecule has 0 radical (unpaired) electrons. The standard InChI is InChI=1S/C19H22N4S/c1-24-16-9-5-6-14(12-16)17-13-20-19-11-10-18(22-23(17)19)21-15-7-3-2-4-8-15/h5-6,9-13,15H,2-4,7-8H2,1H3,(H,21,22). The van der Waals surface area contributed by atoms with Gasteiger partial charge in [-0.05, 0) is 43.4 Å². The van der Waals surface area contributed by atoms with Crippen LogP contribution in [0.5, 0.6) is 0 Å². The average molecular weight is 338 g/mol. The molecule has 0 amide bonds. The van der Waals surface area contributed by atoms with Crippen LogP contribution in [0.1, 0.15) is 32.1 Å². The van der Waals surface area contributed by atoms with E-state index in [4.69, 9.17) is 5.10 Å². The van der Waals surface area contributed by atoms with Crippen molar-refractivity contribution in [1.29, 1.82) is 0 Å². The minimum atomic E-state index is 0.551. The van der Waals surface area contributed by atoms with Crippen molar-refractivity contribution in [3.05, 3.63) is 42.6 Å². The predicted octanol–water partition coefficient (Wildman–Crippen LogP) is 4.86. The van der Waals surface area contributed by atoms with E-state index >= 15 is 0 Å². The summed E-state index contributed by atoms with van der Waals surface area (Å²) in [4.78, 5) is 5.75. The molecule has 5 heteroatoms. The van der Waals surface area contributed by atoms with Crippen LogP contribution in [-0.2, 0) is 0 Å². The molecular weight excluding hydrogens is 316 g/mol. The lowest BCUT2D eigenvalue weighted by Gasteiger charge is -2.23. The van der Waals surface area contributed by atoms with Crippen LogP contribution < -0.4 is 5.32 Å². The highest BCUT2D eigenvalue weighted by atomic mass is 32.2. The Bertz CT molecular complexity index is 836. The lowest BCUT2D eigenvalue weighted by Crippen LogP contribution is -2.23. The fourth-order valence-electron chi connectivity index (χ4n) is 3.39. The van der Waals surface area contributed by atoms with Crippen molar-refractivity contribution in [2.45, 2.75) is 43.0 Å². The Labute approximate surface area is 146 Å². The highest BCUT2D eigenvalue weighted by molar-refractivity contribution is 7.98. The first kappa shape index (κ1) is 15.5. The van der Waals surface area contributed by atoms with E-state index in [1.165, 1.54) is 37.0 Å². The predicted molar refractivity (Wildman–Crippen MR) is 101 cm³/mol. The Morgan fingerprint density at radius 2 is 2.00 bits per heavy atom. The largest absolute Gasteiger partial charge is 0.366 e. The van der Waals surface area contributed by atoms with Crippen molar-refractivity contribution in [3.8, 4) is 11.3 Å². The smallest absolute Gasteiger partial charge is 0.154 e. The van der Waals surface area contributed by atoms with Gasteiger partial charge in [0.1, 0.15) is 5.82 Å². The van der Waals surface area contributed by atoms with E-state index in [2.05, 4.69) is 40.8 Å². The molecule has 4 rings (SSSR count). The summed E-state index contributed by atoms with van der Waals surface area (Å²) in [6.45, 7) is 0. The van der Waals surface area contributed by atoms with Crippen LogP contribution in [0.4, 0.5) is 5.82 Å². The van der Waals surface area contributed by atoms with Gasteiger partial charge in [0, 0.05) is 16.5 Å². The van der Waals surface area contributed by atoms with Crippen molar-refractivity contribution in [3.63, 3.8) is 0 Å². The van der Waals surface area contributed by atoms with Crippen LogP contribution >= 0.6 is 11.8 Å². The Balaban J connectivity index is 1.67. The third kappa shape index (κ3) is 3.13. The number of rotatable bonds is 4. The summed E-state index contributed by atoms with van der Waals surface area (Å²) in [6, 6.07) is 13.2. The molecule has 2 aromatic heterocycles. The lowest BCUT2D eigenvalue weighted by atomic mass is 9.95. The number of nitrogens with zero attached hydrogens (tertiary/aromatic N) is 3. The first-order chi connectivity index (χ1) is 11.8. The van der Waals surface area contributed by atoms with E-state index in [1.54, 1.807) is 11.8 Å². The van der Waals surface area contributed by atoms with Gasteiger partial charge in [0.05, 0.1) is 11.9 Å². The number of fused-ring (bicyclic) bond motifs is 1. The molecule has 1 fully saturated rings. The molecule has 3 aromatic rings. The highest BCUT2D eigenvalue weighted by Crippen LogP contribution is 2.26. The molecule has 2 heterocycles. The highest BCUT2D eigenvalue weighted by Gasteiger charge is 2.14. The van der Waals surface area contributed by atoms with Crippen LogP contribution in [0.25, 0.3) is 16.9 Å². The Morgan fingerprint density at radius 1 is 1.12 bits per heavy atom. The zero-order chi connectivity index (χ0) is 16.4. The van der Waals surface area contributed by atoms with Crippen LogP contribution in [-0.4, -0.2) is 26.9 Å². The summed E-state index contributed by atoms with van der Waals surface area (Å²) in [5.74, 6) is 0.940. The molecule has 0 bridgehead atoms. The van der Waals surface area contributed by atoms with Crippen molar-refractivity contribution >= 4 is 23.2 Å². The minimum absolute atomic E-state index is 0.551. The summed E-state index contributed by atoms with van der Waals surface area (Å²) in [6.07, 6.45) is 10.5. The Hall–Kier alpha value is -2.01. The monoisotopic (exact) mass is 338 g/mol. The molecule has 1 aromatic carbocycles. The van der Waals surface area contributed by atoms with Crippen LogP contribution in [0.15, 0.2) is 47.5 Å². The molecule has 0 aliphatic heterocycles. The summed E-state index contributed by atoms with van der Waals surface area (Å²) < 4.78 is 1.95. The fraction of sp³-hybridized carbons (Fsp3) is 0.368. The van der Waals surface area contributed by atoms with E-state index < -0.39 is 0 Å². The topological polar surface area (TPSA) is 42.2 Å². The SMILES string of the molecule is CSc1cccc(-c2cnc3ccc(NC4CCCCC4)nn23)c1. The van der Waals surface area contributed by atoms with Gasteiger partial charge < -0.3 is 5.32 Å². The summed E-state index contributed by atoms with van der Waals surface area (Å²) >= 11 is 1.75. The van der Waals surface area contributed by atoms with Gasteiger partial charge in [-0.15, -0.1) is 16.9 Å². The molecule has 1 saturated carbocycles. The molecule has 4 nitrogen and oxygen atoms in total. The number of thioether (sulfide) groups is 1. The first-order valence-corrected chi connectivity index (χ1v) is 9.82. The van der Waals surface area contributed by atoms with Gasteiger partial charge in [0.2, 0.25) is 0 Å². The van der Waals surface area contributed by atoms with Gasteiger partial charge >= 0.3 is 0 Å². The second-order valence-electron chi connectivity index (χ2n) is 6.34. The normalized spacial score (nSPS) is 15.7. The van der Waals surface area contributed by atoms with Gasteiger partial charge in [-0.1, -0.05) is 31.4 Å². The number of benzene rings is 1. The number of aromatic nitrogens is 3. The third-order valence-electron chi connectivity index (χ3n) is 4.68. The maximum atomic E-state index is 4.80. The lowest BCUT2D eigenvalue weighted by molar-refractivity contribution is 0.461. The Kier molecular flexibility index (Phi) is 4.43. The van der Waals surface area contributed by atoms with Gasteiger partial charge in [-0.25, -0.2) is 9.50 Å². The average Bonchev–Trinajstić information content (AvgIpc) is 3.06. The van der Waals surface area contributed by atoms with Crippen LogP contribution in [0.2, 0.25) is 0 Å². The van der Waals surface area contributed by atoms with Gasteiger partial charge in [0.25, 0.3) is 0 Å². The minimum Gasteiger partial charge on any atom is -0.366 e. The number of anilines is 1. The fourth-order valence-corrected chi connectivity index (χ4v) is 3.85. The molecule has 1 N–H and O–H groups in total. The zero-order valence-electron chi connectivity index (χ0n) is 13.9.